The lowest BCUT2D eigenvalue weighted by atomic mass is 10.0. The summed E-state index contributed by atoms with van der Waals surface area (Å²) in [5.41, 5.74) is 0.235. The summed E-state index contributed by atoms with van der Waals surface area (Å²) in [6.07, 6.45) is 1.42. The molecule has 0 amide bonds. The number of nitrogens with one attached hydrogen (secondary N) is 1. The number of pyridine rings is 1. The number of anilines is 1. The fourth-order valence-corrected chi connectivity index (χ4v) is 1.86. The fourth-order valence-electron chi connectivity index (χ4n) is 1.86. The van der Waals surface area contributed by atoms with Crippen molar-refractivity contribution in [3.8, 4) is 0 Å². The van der Waals surface area contributed by atoms with Crippen molar-refractivity contribution >= 4 is 22.6 Å². The maximum absolute atomic E-state index is 11.2. The van der Waals surface area contributed by atoms with Gasteiger partial charge in [0, 0.05) is 23.0 Å². The van der Waals surface area contributed by atoms with Crippen molar-refractivity contribution < 1.29 is 9.90 Å². The van der Waals surface area contributed by atoms with Gasteiger partial charge in [-0.15, -0.1) is 0 Å². The minimum Gasteiger partial charge on any atom is -0.478 e. The van der Waals surface area contributed by atoms with Crippen LogP contribution < -0.4 is 5.32 Å². The minimum atomic E-state index is -0.952. The topological polar surface area (TPSA) is 62.2 Å². The van der Waals surface area contributed by atoms with Gasteiger partial charge >= 0.3 is 5.97 Å². The molecule has 0 aliphatic heterocycles. The Bertz CT molecular complexity index is 608. The van der Waals surface area contributed by atoms with E-state index in [2.05, 4.69) is 31.1 Å². The second kappa shape index (κ2) is 5.26. The van der Waals surface area contributed by atoms with Crippen LogP contribution in [0.15, 0.2) is 30.5 Å². The van der Waals surface area contributed by atoms with Crippen molar-refractivity contribution in [2.24, 2.45) is 5.92 Å². The average molecular weight is 258 g/mol. The summed E-state index contributed by atoms with van der Waals surface area (Å²) in [5, 5.41) is 14.1. The van der Waals surface area contributed by atoms with Gasteiger partial charge in [0.1, 0.15) is 5.82 Å². The molecule has 0 bridgehead atoms. The number of carboxylic acids is 1. The van der Waals surface area contributed by atoms with Gasteiger partial charge in [0.05, 0.1) is 5.56 Å². The lowest BCUT2D eigenvalue weighted by Gasteiger charge is -2.19. The first-order chi connectivity index (χ1) is 9.00. The van der Waals surface area contributed by atoms with Gasteiger partial charge in [0.25, 0.3) is 0 Å². The van der Waals surface area contributed by atoms with Gasteiger partial charge in [-0.2, -0.15) is 0 Å². The maximum atomic E-state index is 11.2. The van der Waals surface area contributed by atoms with Crippen LogP contribution in [0.2, 0.25) is 0 Å². The van der Waals surface area contributed by atoms with Crippen molar-refractivity contribution in [2.75, 3.05) is 5.32 Å². The number of aromatic carboxylic acids is 1. The summed E-state index contributed by atoms with van der Waals surface area (Å²) in [6.45, 7) is 6.35. The molecule has 0 aliphatic rings. The van der Waals surface area contributed by atoms with Crippen LogP contribution in [0.4, 0.5) is 5.82 Å². The molecule has 100 valence electrons. The number of carbonyl (C=O) groups is 1. The zero-order valence-corrected chi connectivity index (χ0v) is 11.3. The molecule has 2 rings (SSSR count). The van der Waals surface area contributed by atoms with Crippen LogP contribution in [-0.4, -0.2) is 22.1 Å². The standard InChI is InChI=1S/C15H18N2O2/c1-9(2)10(3)17-14-12-7-5-4-6-11(12)13(8-16-14)15(18)19/h4-10H,1-3H3,(H,16,17)(H,18,19). The Labute approximate surface area is 112 Å². The van der Waals surface area contributed by atoms with Crippen molar-refractivity contribution in [1.29, 1.82) is 0 Å². The van der Waals surface area contributed by atoms with Crippen molar-refractivity contribution in [1.82, 2.24) is 4.98 Å². The maximum Gasteiger partial charge on any atom is 0.337 e. The lowest BCUT2D eigenvalue weighted by molar-refractivity contribution is 0.0698. The molecule has 2 N–H and O–H groups in total. The van der Waals surface area contributed by atoms with Gasteiger partial charge < -0.3 is 10.4 Å². The first-order valence-corrected chi connectivity index (χ1v) is 6.38. The number of carboxylic acid groups (broad SMARTS) is 1. The Hall–Kier alpha value is -2.10. The Morgan fingerprint density at radius 1 is 1.21 bits per heavy atom. The number of aromatic nitrogens is 1. The molecule has 4 nitrogen and oxygen atoms in total. The van der Waals surface area contributed by atoms with Crippen LogP contribution >= 0.6 is 0 Å². The first-order valence-electron chi connectivity index (χ1n) is 6.38. The highest BCUT2D eigenvalue weighted by atomic mass is 16.4. The molecule has 1 aromatic carbocycles. The molecule has 0 fully saturated rings. The normalized spacial score (nSPS) is 12.6. The number of fused-ring (bicyclic) bond motifs is 1. The summed E-state index contributed by atoms with van der Waals surface area (Å²) in [5.74, 6) is 0.258. The van der Waals surface area contributed by atoms with E-state index in [4.69, 9.17) is 0 Å². The third kappa shape index (κ3) is 2.67. The largest absolute Gasteiger partial charge is 0.478 e. The zero-order chi connectivity index (χ0) is 14.0. The van der Waals surface area contributed by atoms with Gasteiger partial charge in [-0.3, -0.25) is 0 Å². The smallest absolute Gasteiger partial charge is 0.337 e. The molecule has 0 radical (unpaired) electrons. The van der Waals surface area contributed by atoms with E-state index in [9.17, 15) is 9.90 Å². The Morgan fingerprint density at radius 2 is 1.84 bits per heavy atom. The van der Waals surface area contributed by atoms with Crippen molar-refractivity contribution in [3.05, 3.63) is 36.0 Å². The number of benzene rings is 1. The zero-order valence-electron chi connectivity index (χ0n) is 11.3. The molecule has 4 heteroatoms. The van der Waals surface area contributed by atoms with Crippen LogP contribution in [0.3, 0.4) is 0 Å². The molecule has 2 aromatic rings. The second-order valence-electron chi connectivity index (χ2n) is 5.05. The van der Waals surface area contributed by atoms with Crippen LogP contribution in [-0.2, 0) is 0 Å². The van der Waals surface area contributed by atoms with E-state index < -0.39 is 5.97 Å². The van der Waals surface area contributed by atoms with E-state index in [1.165, 1.54) is 6.20 Å². The number of rotatable bonds is 4. The second-order valence-corrected chi connectivity index (χ2v) is 5.05. The summed E-state index contributed by atoms with van der Waals surface area (Å²) in [7, 11) is 0. The summed E-state index contributed by atoms with van der Waals surface area (Å²) < 4.78 is 0. The predicted octanol–water partition coefficient (Wildman–Crippen LogP) is 3.39. The van der Waals surface area contributed by atoms with Gasteiger partial charge in [0.15, 0.2) is 0 Å². The summed E-state index contributed by atoms with van der Waals surface area (Å²) in [6, 6.07) is 7.70. The quantitative estimate of drug-likeness (QED) is 0.882. The molecule has 1 unspecified atom stereocenters. The van der Waals surface area contributed by atoms with Crippen LogP contribution in [0.25, 0.3) is 10.8 Å². The van der Waals surface area contributed by atoms with Gasteiger partial charge in [-0.25, -0.2) is 9.78 Å². The van der Waals surface area contributed by atoms with E-state index in [1.54, 1.807) is 0 Å². The fraction of sp³-hybridized carbons (Fsp3) is 0.333. The van der Waals surface area contributed by atoms with E-state index in [1.807, 2.05) is 24.3 Å². The highest BCUT2D eigenvalue weighted by Gasteiger charge is 2.14. The monoisotopic (exact) mass is 258 g/mol. The van der Waals surface area contributed by atoms with Gasteiger partial charge in [-0.05, 0) is 12.8 Å². The molecule has 19 heavy (non-hydrogen) atoms. The third-order valence-corrected chi connectivity index (χ3v) is 3.39. The number of hydrogen-bond donors (Lipinski definition) is 2. The summed E-state index contributed by atoms with van der Waals surface area (Å²) >= 11 is 0. The van der Waals surface area contributed by atoms with E-state index >= 15 is 0 Å². The number of hydrogen-bond acceptors (Lipinski definition) is 3. The molecule has 0 saturated heterocycles. The van der Waals surface area contributed by atoms with E-state index in [0.29, 0.717) is 11.3 Å². The molecular weight excluding hydrogens is 240 g/mol. The Balaban J connectivity index is 2.53. The summed E-state index contributed by atoms with van der Waals surface area (Å²) in [4.78, 5) is 15.5. The molecule has 0 saturated carbocycles. The predicted molar refractivity (Wildman–Crippen MR) is 76.6 cm³/mol. The van der Waals surface area contributed by atoms with Crippen molar-refractivity contribution in [2.45, 2.75) is 26.8 Å². The molecule has 1 aromatic heterocycles. The number of nitrogens with zero attached hydrogens (tertiary/aromatic N) is 1. The van der Waals surface area contributed by atoms with Crippen LogP contribution in [0.1, 0.15) is 31.1 Å². The van der Waals surface area contributed by atoms with Crippen molar-refractivity contribution in [3.63, 3.8) is 0 Å². The highest BCUT2D eigenvalue weighted by molar-refractivity contribution is 6.06. The first kappa shape index (κ1) is 13.3. The molecular formula is C15H18N2O2. The Kier molecular flexibility index (Phi) is 3.69. The molecule has 0 aliphatic carbocycles. The SMILES string of the molecule is CC(C)C(C)Nc1ncc(C(=O)O)c2ccccc12. The third-order valence-electron chi connectivity index (χ3n) is 3.39. The lowest BCUT2D eigenvalue weighted by Crippen LogP contribution is -2.22. The van der Waals surface area contributed by atoms with Gasteiger partial charge in [0.2, 0.25) is 0 Å². The molecule has 1 heterocycles. The Morgan fingerprint density at radius 3 is 2.42 bits per heavy atom. The van der Waals surface area contributed by atoms with Gasteiger partial charge in [-0.1, -0.05) is 38.1 Å². The molecule has 0 spiro atoms. The van der Waals surface area contributed by atoms with E-state index in [0.717, 1.165) is 11.2 Å². The van der Waals surface area contributed by atoms with Crippen LogP contribution in [0.5, 0.6) is 0 Å². The molecule has 1 atom stereocenters. The van der Waals surface area contributed by atoms with Crippen LogP contribution in [0, 0.1) is 5.92 Å². The average Bonchev–Trinajstić information content (AvgIpc) is 2.38. The minimum absolute atomic E-state index is 0.235. The van der Waals surface area contributed by atoms with E-state index in [-0.39, 0.29) is 11.6 Å². The highest BCUT2D eigenvalue weighted by Crippen LogP contribution is 2.25.